The third-order valence-electron chi connectivity index (χ3n) is 5.09. The van der Waals surface area contributed by atoms with E-state index in [1.807, 2.05) is 24.3 Å². The zero-order valence-corrected chi connectivity index (χ0v) is 16.9. The molecule has 0 saturated carbocycles. The van der Waals surface area contributed by atoms with Crippen LogP contribution < -0.4 is 14.8 Å². The molecule has 1 aliphatic rings. The van der Waals surface area contributed by atoms with Crippen LogP contribution in [0.5, 0.6) is 11.5 Å². The number of carbonyl (C=O) groups is 2. The lowest BCUT2D eigenvalue weighted by Crippen LogP contribution is -2.38. The monoisotopic (exact) mass is 399 g/mol. The van der Waals surface area contributed by atoms with Crippen molar-refractivity contribution in [2.24, 2.45) is 5.41 Å². The zero-order chi connectivity index (χ0) is 21.4. The molecule has 0 saturated heterocycles. The fourth-order valence-corrected chi connectivity index (χ4v) is 3.60. The Morgan fingerprint density at radius 3 is 2.48 bits per heavy atom. The van der Waals surface area contributed by atoms with Gasteiger partial charge in [-0.05, 0) is 67.1 Å². The van der Waals surface area contributed by atoms with E-state index in [4.69, 9.17) is 14.6 Å². The Morgan fingerprint density at radius 2 is 1.83 bits per heavy atom. The van der Waals surface area contributed by atoms with E-state index in [-0.39, 0.29) is 11.5 Å². The predicted molar refractivity (Wildman–Crippen MR) is 108 cm³/mol. The van der Waals surface area contributed by atoms with Crippen LogP contribution in [-0.4, -0.2) is 27.9 Å². The van der Waals surface area contributed by atoms with Crippen molar-refractivity contribution < 1.29 is 29.3 Å². The highest BCUT2D eigenvalue weighted by atomic mass is 16.7. The van der Waals surface area contributed by atoms with Crippen LogP contribution in [0, 0.1) is 5.41 Å². The van der Waals surface area contributed by atoms with E-state index >= 15 is 0 Å². The van der Waals surface area contributed by atoms with Gasteiger partial charge in [-0.1, -0.05) is 26.0 Å². The normalized spacial score (nSPS) is 17.6. The summed E-state index contributed by atoms with van der Waals surface area (Å²) in [5.41, 5.74) is 1.33. The Balaban J connectivity index is 1.89. The lowest BCUT2D eigenvalue weighted by Gasteiger charge is -2.41. The summed E-state index contributed by atoms with van der Waals surface area (Å²) in [5.74, 6) is -0.255. The minimum absolute atomic E-state index is 0.0438. The number of rotatable bonds is 5. The first-order valence-corrected chi connectivity index (χ1v) is 9.30. The van der Waals surface area contributed by atoms with Crippen LogP contribution in [0.25, 0.3) is 0 Å². The summed E-state index contributed by atoms with van der Waals surface area (Å²) in [5, 5.41) is 21.6. The first-order chi connectivity index (χ1) is 13.5. The molecule has 7 heteroatoms. The topological polar surface area (TPSA) is 105 Å². The molecule has 2 aromatic rings. The molecule has 0 aromatic heterocycles. The maximum atomic E-state index is 11.4. The quantitative estimate of drug-likeness (QED) is 0.493. The largest absolute Gasteiger partial charge is 0.511 e. The summed E-state index contributed by atoms with van der Waals surface area (Å²) in [7, 11) is 0. The Morgan fingerprint density at radius 1 is 1.10 bits per heavy atom. The lowest BCUT2D eigenvalue weighted by molar-refractivity contribution is -0.152. The summed E-state index contributed by atoms with van der Waals surface area (Å²) in [6, 6.07) is 12.5. The van der Waals surface area contributed by atoms with Crippen LogP contribution in [0.2, 0.25) is 0 Å². The minimum atomic E-state index is -1.34. The summed E-state index contributed by atoms with van der Waals surface area (Å²) < 4.78 is 10.5. The molecule has 3 rings (SSSR count). The first-order valence-electron chi connectivity index (χ1n) is 9.30. The second-order valence-electron chi connectivity index (χ2n) is 8.42. The third kappa shape index (κ3) is 4.45. The van der Waals surface area contributed by atoms with Crippen molar-refractivity contribution in [3.8, 4) is 11.5 Å². The average Bonchev–Trinajstić information content (AvgIpc) is 2.59. The molecule has 1 atom stereocenters. The van der Waals surface area contributed by atoms with Gasteiger partial charge in [0.05, 0.1) is 6.04 Å². The fraction of sp³-hybridized carbons (Fsp3) is 0.364. The highest BCUT2D eigenvalue weighted by Crippen LogP contribution is 2.46. The minimum Gasteiger partial charge on any atom is -0.478 e. The van der Waals surface area contributed by atoms with E-state index in [0.29, 0.717) is 17.9 Å². The van der Waals surface area contributed by atoms with Crippen molar-refractivity contribution in [3.63, 3.8) is 0 Å². The van der Waals surface area contributed by atoms with Gasteiger partial charge in [0.15, 0.2) is 5.60 Å². The molecule has 0 radical (unpaired) electrons. The molecule has 0 amide bonds. The highest BCUT2D eigenvalue weighted by Gasteiger charge is 2.37. The Hall–Kier alpha value is -3.22. The number of carboxylic acid groups (broad SMARTS) is 2. The Bertz CT molecular complexity index is 950. The number of hydrogen-bond donors (Lipinski definition) is 3. The van der Waals surface area contributed by atoms with Gasteiger partial charge < -0.3 is 25.0 Å². The summed E-state index contributed by atoms with van der Waals surface area (Å²) >= 11 is 0. The smallest absolute Gasteiger partial charge is 0.478 e. The van der Waals surface area contributed by atoms with Crippen LogP contribution in [0.15, 0.2) is 42.5 Å². The number of ether oxygens (including phenoxy) is 2. The number of aliphatic carboxylic acids is 1. The summed E-state index contributed by atoms with van der Waals surface area (Å²) in [6.45, 7) is 7.26. The van der Waals surface area contributed by atoms with Gasteiger partial charge in [0.1, 0.15) is 11.5 Å². The molecule has 2 aromatic carbocycles. The van der Waals surface area contributed by atoms with Crippen molar-refractivity contribution in [2.75, 3.05) is 5.32 Å². The number of hydrogen-bond acceptors (Lipinski definition) is 5. The zero-order valence-electron chi connectivity index (χ0n) is 16.9. The van der Waals surface area contributed by atoms with E-state index in [2.05, 4.69) is 19.2 Å². The molecule has 154 valence electrons. The maximum absolute atomic E-state index is 11.4. The average molecular weight is 399 g/mol. The van der Waals surface area contributed by atoms with E-state index in [0.717, 1.165) is 16.8 Å². The van der Waals surface area contributed by atoms with Gasteiger partial charge in [0.2, 0.25) is 0 Å². The highest BCUT2D eigenvalue weighted by molar-refractivity contribution is 5.76. The SMILES string of the molecule is CC(C)(Oc1cccc(C2Nc3ccc(OC(=O)O)cc3CC2(C)C)c1)C(=O)O. The standard InChI is InChI=1S/C22H25NO6/c1-21(2)12-14-11-15(28-20(26)27)8-9-17(14)23-18(21)13-6-5-7-16(10-13)29-22(3,4)19(24)25/h5-11,18,23H,12H2,1-4H3,(H,24,25)(H,26,27). The van der Waals surface area contributed by atoms with Crippen molar-refractivity contribution in [2.45, 2.75) is 45.8 Å². The van der Waals surface area contributed by atoms with Gasteiger partial charge in [0, 0.05) is 5.69 Å². The van der Waals surface area contributed by atoms with Gasteiger partial charge in [-0.15, -0.1) is 0 Å². The van der Waals surface area contributed by atoms with Crippen LogP contribution in [-0.2, 0) is 11.2 Å². The number of fused-ring (bicyclic) bond motifs is 1. The van der Waals surface area contributed by atoms with Crippen molar-refractivity contribution in [1.82, 2.24) is 0 Å². The van der Waals surface area contributed by atoms with Crippen molar-refractivity contribution in [1.29, 1.82) is 0 Å². The molecule has 0 bridgehead atoms. The van der Waals surface area contributed by atoms with Crippen molar-refractivity contribution in [3.05, 3.63) is 53.6 Å². The molecule has 7 nitrogen and oxygen atoms in total. The van der Waals surface area contributed by atoms with Crippen LogP contribution in [0.3, 0.4) is 0 Å². The number of nitrogens with one attached hydrogen (secondary N) is 1. The maximum Gasteiger partial charge on any atom is 0.511 e. The van der Waals surface area contributed by atoms with Crippen molar-refractivity contribution >= 4 is 17.8 Å². The molecule has 0 aliphatic carbocycles. The molecule has 29 heavy (non-hydrogen) atoms. The van der Waals surface area contributed by atoms with E-state index in [1.165, 1.54) is 13.8 Å². The molecule has 1 heterocycles. The van der Waals surface area contributed by atoms with Gasteiger partial charge >= 0.3 is 12.1 Å². The van der Waals surface area contributed by atoms with E-state index in [9.17, 15) is 14.7 Å². The van der Waals surface area contributed by atoms with Crippen LogP contribution in [0.1, 0.15) is 44.9 Å². The van der Waals surface area contributed by atoms with E-state index < -0.39 is 17.7 Å². The second kappa shape index (κ2) is 7.31. The second-order valence-corrected chi connectivity index (χ2v) is 8.42. The molecule has 1 unspecified atom stereocenters. The van der Waals surface area contributed by atoms with E-state index in [1.54, 1.807) is 18.2 Å². The summed E-state index contributed by atoms with van der Waals surface area (Å²) in [4.78, 5) is 22.2. The molecular formula is C22H25NO6. The fourth-order valence-electron chi connectivity index (χ4n) is 3.60. The molecule has 3 N–H and O–H groups in total. The summed E-state index contributed by atoms with van der Waals surface area (Å²) in [6.07, 6.45) is -0.630. The number of benzene rings is 2. The van der Waals surface area contributed by atoms with Crippen LogP contribution >= 0.6 is 0 Å². The van der Waals surface area contributed by atoms with Gasteiger partial charge in [-0.2, -0.15) is 0 Å². The molecule has 0 fully saturated rings. The third-order valence-corrected chi connectivity index (χ3v) is 5.09. The number of anilines is 1. The Kier molecular flexibility index (Phi) is 5.17. The molecular weight excluding hydrogens is 374 g/mol. The Labute approximate surface area is 169 Å². The first kappa shape index (κ1) is 20.5. The molecule has 1 aliphatic heterocycles. The van der Waals surface area contributed by atoms with Crippen LogP contribution in [0.4, 0.5) is 10.5 Å². The van der Waals surface area contributed by atoms with Gasteiger partial charge in [-0.3, -0.25) is 0 Å². The number of carboxylic acids is 1. The lowest BCUT2D eigenvalue weighted by atomic mass is 9.73. The predicted octanol–water partition coefficient (Wildman–Crippen LogP) is 4.72. The molecule has 0 spiro atoms. The van der Waals surface area contributed by atoms with Gasteiger partial charge in [-0.25, -0.2) is 9.59 Å². The van der Waals surface area contributed by atoms with Gasteiger partial charge in [0.25, 0.3) is 0 Å².